The first-order valence-electron chi connectivity index (χ1n) is 8.80. The van der Waals surface area contributed by atoms with Gasteiger partial charge in [0.1, 0.15) is 17.1 Å². The topological polar surface area (TPSA) is 77.8 Å². The van der Waals surface area contributed by atoms with E-state index in [2.05, 4.69) is 12.0 Å². The van der Waals surface area contributed by atoms with Crippen molar-refractivity contribution < 1.29 is 20.1 Å². The number of unbranched alkanes of at least 4 members (excludes halogenated alkanes) is 1. The number of aromatic carboxylic acids is 1. The van der Waals surface area contributed by atoms with Crippen LogP contribution in [0.4, 0.5) is 0 Å². The molecule has 0 aliphatic rings. The quantitative estimate of drug-likeness (QED) is 0.331. The minimum Gasteiger partial charge on any atom is -0.508 e. The number of hydrogen-bond acceptors (Lipinski definition) is 3. The summed E-state index contributed by atoms with van der Waals surface area (Å²) in [5.74, 6) is 0.848. The molecule has 0 unspecified atom stereocenters. The van der Waals surface area contributed by atoms with Crippen molar-refractivity contribution in [2.24, 2.45) is 0 Å². The molecule has 1 aromatic carbocycles. The molecule has 140 valence electrons. The fourth-order valence-electron chi connectivity index (χ4n) is 2.73. The van der Waals surface area contributed by atoms with E-state index in [1.165, 1.54) is 11.6 Å². The van der Waals surface area contributed by atoms with Crippen molar-refractivity contribution in [2.75, 3.05) is 0 Å². The summed E-state index contributed by atoms with van der Waals surface area (Å²) in [6, 6.07) is 1.43. The second-order valence-corrected chi connectivity index (χ2v) is 6.69. The van der Waals surface area contributed by atoms with Gasteiger partial charge in [-0.1, -0.05) is 23.3 Å². The maximum atomic E-state index is 11.6. The molecule has 26 heavy (non-hydrogen) atoms. The van der Waals surface area contributed by atoms with E-state index in [0.717, 1.165) is 18.4 Å². The zero-order valence-electron chi connectivity index (χ0n) is 15.8. The maximum Gasteiger partial charge on any atom is 0.339 e. The van der Waals surface area contributed by atoms with Crippen molar-refractivity contribution in [3.05, 3.63) is 46.1 Å². The lowest BCUT2D eigenvalue weighted by atomic mass is 9.95. The number of hydrogen-bond donors (Lipinski definition) is 3. The van der Waals surface area contributed by atoms with Crippen LogP contribution < -0.4 is 0 Å². The average Bonchev–Trinajstić information content (AvgIpc) is 2.53. The number of carboxylic acids is 1. The highest BCUT2D eigenvalue weighted by atomic mass is 16.4. The maximum absolute atomic E-state index is 11.6. The molecule has 0 heterocycles. The van der Waals surface area contributed by atoms with Crippen LogP contribution in [-0.4, -0.2) is 21.3 Å². The van der Waals surface area contributed by atoms with Crippen molar-refractivity contribution in [1.82, 2.24) is 0 Å². The van der Waals surface area contributed by atoms with Gasteiger partial charge in [0.15, 0.2) is 0 Å². The molecule has 0 amide bonds. The Morgan fingerprint density at radius 3 is 2.50 bits per heavy atom. The zero-order chi connectivity index (χ0) is 19.7. The van der Waals surface area contributed by atoms with E-state index in [0.29, 0.717) is 24.8 Å². The molecule has 0 bridgehead atoms. The molecule has 4 heteroatoms. The van der Waals surface area contributed by atoms with Gasteiger partial charge in [0.05, 0.1) is 0 Å². The lowest BCUT2D eigenvalue weighted by Gasteiger charge is -2.13. The number of phenols is 2. The van der Waals surface area contributed by atoms with Gasteiger partial charge in [-0.05, 0) is 64.5 Å². The molecule has 4 nitrogen and oxygen atoms in total. The van der Waals surface area contributed by atoms with Crippen LogP contribution in [0.15, 0.2) is 29.4 Å². The molecule has 3 N–H and O–H groups in total. The average molecular weight is 356 g/mol. The molecule has 0 saturated carbocycles. The van der Waals surface area contributed by atoms with E-state index in [9.17, 15) is 20.1 Å². The largest absolute Gasteiger partial charge is 0.508 e. The number of phenolic OH excluding ortho intramolecular Hbond substituents is 1. The third-order valence-corrected chi connectivity index (χ3v) is 4.19. The number of benzene rings is 1. The standard InChI is InChI=1S/C22H28O4/c1-5-6-7-11-17-14-19(23)18(21(24)20(17)22(25)26)13-12-16(4)10-8-9-15(2)3/h1,9,12,14,23-24H,6-8,10-11,13H2,2-4H3,(H,25,26). The fraction of sp³-hybridized carbons (Fsp3) is 0.409. The molecule has 0 aliphatic heterocycles. The Morgan fingerprint density at radius 1 is 1.23 bits per heavy atom. The van der Waals surface area contributed by atoms with Crippen LogP contribution >= 0.6 is 0 Å². The van der Waals surface area contributed by atoms with Gasteiger partial charge in [-0.3, -0.25) is 0 Å². The Morgan fingerprint density at radius 2 is 1.92 bits per heavy atom. The van der Waals surface area contributed by atoms with Gasteiger partial charge >= 0.3 is 5.97 Å². The molecule has 0 fully saturated rings. The first-order chi connectivity index (χ1) is 12.3. The number of terminal acetylenes is 1. The molecule has 0 spiro atoms. The van der Waals surface area contributed by atoms with Crippen molar-refractivity contribution >= 4 is 5.97 Å². The minimum absolute atomic E-state index is 0.0865. The Balaban J connectivity index is 3.05. The van der Waals surface area contributed by atoms with Gasteiger partial charge in [-0.25, -0.2) is 4.79 Å². The van der Waals surface area contributed by atoms with Crippen LogP contribution in [0, 0.1) is 12.3 Å². The van der Waals surface area contributed by atoms with Crippen molar-refractivity contribution in [3.63, 3.8) is 0 Å². The second-order valence-electron chi connectivity index (χ2n) is 6.69. The summed E-state index contributed by atoms with van der Waals surface area (Å²) in [5.41, 5.74) is 2.88. The highest BCUT2D eigenvalue weighted by molar-refractivity contribution is 5.93. The molecule has 0 aliphatic carbocycles. The summed E-state index contributed by atoms with van der Waals surface area (Å²) in [5, 5.41) is 30.1. The van der Waals surface area contributed by atoms with Crippen LogP contribution in [0.2, 0.25) is 0 Å². The first kappa shape index (κ1) is 21.4. The molecule has 0 radical (unpaired) electrons. The number of allylic oxidation sites excluding steroid dienone is 4. The summed E-state index contributed by atoms with van der Waals surface area (Å²) in [6.45, 7) is 6.08. The van der Waals surface area contributed by atoms with Gasteiger partial charge in [-0.2, -0.15) is 0 Å². The second kappa shape index (κ2) is 10.4. The van der Waals surface area contributed by atoms with Crippen LogP contribution in [0.3, 0.4) is 0 Å². The Kier molecular flexibility index (Phi) is 8.51. The van der Waals surface area contributed by atoms with E-state index < -0.39 is 5.97 Å². The number of aryl methyl sites for hydroxylation is 1. The van der Waals surface area contributed by atoms with Crippen molar-refractivity contribution in [3.8, 4) is 23.8 Å². The lowest BCUT2D eigenvalue weighted by Crippen LogP contribution is -2.05. The summed E-state index contributed by atoms with van der Waals surface area (Å²) in [4.78, 5) is 11.6. The monoisotopic (exact) mass is 356 g/mol. The zero-order valence-corrected chi connectivity index (χ0v) is 15.8. The molecule has 0 atom stereocenters. The van der Waals surface area contributed by atoms with E-state index in [-0.39, 0.29) is 29.0 Å². The highest BCUT2D eigenvalue weighted by Crippen LogP contribution is 2.35. The van der Waals surface area contributed by atoms with E-state index in [1.54, 1.807) is 0 Å². The predicted octanol–water partition coefficient (Wildman–Crippen LogP) is 4.99. The van der Waals surface area contributed by atoms with E-state index in [1.807, 2.05) is 26.8 Å². The molecular weight excluding hydrogens is 328 g/mol. The summed E-state index contributed by atoms with van der Waals surface area (Å²) < 4.78 is 0. The van der Waals surface area contributed by atoms with Gasteiger partial charge < -0.3 is 15.3 Å². The Bertz CT molecular complexity index is 744. The van der Waals surface area contributed by atoms with Crippen LogP contribution in [0.1, 0.15) is 67.9 Å². The predicted molar refractivity (Wildman–Crippen MR) is 105 cm³/mol. The molecule has 0 saturated heterocycles. The summed E-state index contributed by atoms with van der Waals surface area (Å²) >= 11 is 0. The SMILES string of the molecule is C#CCCCc1cc(O)c(CC=C(C)CCC=C(C)C)c(O)c1C(=O)O. The van der Waals surface area contributed by atoms with Crippen molar-refractivity contribution in [1.29, 1.82) is 0 Å². The smallest absolute Gasteiger partial charge is 0.339 e. The molecule has 0 aromatic heterocycles. The fourth-order valence-corrected chi connectivity index (χ4v) is 2.73. The van der Waals surface area contributed by atoms with E-state index in [4.69, 9.17) is 6.42 Å². The van der Waals surface area contributed by atoms with Crippen LogP contribution in [0.5, 0.6) is 11.5 Å². The van der Waals surface area contributed by atoms with Gasteiger partial charge in [0.25, 0.3) is 0 Å². The van der Waals surface area contributed by atoms with Gasteiger partial charge in [0, 0.05) is 12.0 Å². The van der Waals surface area contributed by atoms with Crippen molar-refractivity contribution in [2.45, 2.75) is 59.3 Å². The number of rotatable bonds is 9. The van der Waals surface area contributed by atoms with Crippen LogP contribution in [0.25, 0.3) is 0 Å². The van der Waals surface area contributed by atoms with Gasteiger partial charge in [0.2, 0.25) is 0 Å². The number of aromatic hydroxyl groups is 2. The normalized spacial score (nSPS) is 11.1. The first-order valence-corrected chi connectivity index (χ1v) is 8.80. The van der Waals surface area contributed by atoms with Gasteiger partial charge in [-0.15, -0.1) is 12.3 Å². The highest BCUT2D eigenvalue weighted by Gasteiger charge is 2.21. The van der Waals surface area contributed by atoms with E-state index >= 15 is 0 Å². The Labute approximate surface area is 155 Å². The lowest BCUT2D eigenvalue weighted by molar-refractivity contribution is 0.0692. The number of carbonyl (C=O) groups is 1. The Hall–Kier alpha value is -2.67. The third-order valence-electron chi connectivity index (χ3n) is 4.19. The molecular formula is C22H28O4. The molecule has 1 rings (SSSR count). The minimum atomic E-state index is -1.20. The van der Waals surface area contributed by atoms with Crippen LogP contribution in [-0.2, 0) is 12.8 Å². The third kappa shape index (κ3) is 6.33. The summed E-state index contributed by atoms with van der Waals surface area (Å²) in [6.07, 6.45) is 12.9. The molecule has 1 aromatic rings. The summed E-state index contributed by atoms with van der Waals surface area (Å²) in [7, 11) is 0. The number of carboxylic acid groups (broad SMARTS) is 1.